The van der Waals surface area contributed by atoms with Crippen LogP contribution >= 0.6 is 15.9 Å². The summed E-state index contributed by atoms with van der Waals surface area (Å²) in [5.74, 6) is -2.82. The Balaban J connectivity index is 1.75. The number of nitrogens with zero attached hydrogens (tertiary/aromatic N) is 1. The predicted octanol–water partition coefficient (Wildman–Crippen LogP) is 4.29. The van der Waals surface area contributed by atoms with Crippen LogP contribution in [-0.2, 0) is 14.4 Å². The minimum absolute atomic E-state index is 0.226. The summed E-state index contributed by atoms with van der Waals surface area (Å²) in [7, 11) is 0. The van der Waals surface area contributed by atoms with Crippen LogP contribution in [0.25, 0.3) is 0 Å². The fourth-order valence-corrected chi connectivity index (χ4v) is 6.14. The largest absolute Gasteiger partial charge is 0.480 e. The molecule has 1 aromatic carbocycles. The van der Waals surface area contributed by atoms with Gasteiger partial charge < -0.3 is 5.11 Å². The number of carboxylic acid groups (broad SMARTS) is 1. The molecule has 4 unspecified atom stereocenters. The Hall–Kier alpha value is -1.73. The molecule has 2 saturated heterocycles. The third kappa shape index (κ3) is 3.95. The van der Waals surface area contributed by atoms with E-state index >= 15 is 0 Å². The number of benzene rings is 1. The van der Waals surface area contributed by atoms with Gasteiger partial charge in [-0.25, -0.2) is 0 Å². The second-order valence-corrected chi connectivity index (χ2v) is 10.3. The number of unbranched alkanes of at least 4 members (excludes halogenated alkanes) is 1. The third-order valence-electron chi connectivity index (χ3n) is 7.43. The fraction of sp³-hybridized carbons (Fsp3) is 0.625. The van der Waals surface area contributed by atoms with Gasteiger partial charge in [0.2, 0.25) is 11.8 Å². The Labute approximate surface area is 191 Å². The number of carbonyl (C=O) groups excluding carboxylic acids is 2. The number of carboxylic acids is 1. The Bertz CT molecular complexity index is 852. The van der Waals surface area contributed by atoms with E-state index < -0.39 is 29.4 Å². The van der Waals surface area contributed by atoms with E-state index in [1.165, 1.54) is 11.3 Å². The van der Waals surface area contributed by atoms with Crippen molar-refractivity contribution < 1.29 is 19.5 Å². The molecule has 4 atom stereocenters. The number of nitrogens with one attached hydrogen (secondary N) is 1. The maximum absolute atomic E-state index is 13.5. The summed E-state index contributed by atoms with van der Waals surface area (Å²) in [6.07, 6.45) is 7.34. The highest BCUT2D eigenvalue weighted by atomic mass is 79.9. The van der Waals surface area contributed by atoms with Gasteiger partial charge in [-0.2, -0.15) is 0 Å². The van der Waals surface area contributed by atoms with Crippen molar-refractivity contribution >= 4 is 33.7 Å². The van der Waals surface area contributed by atoms with Crippen molar-refractivity contribution in [2.24, 2.45) is 17.8 Å². The average molecular weight is 491 g/mol. The summed E-state index contributed by atoms with van der Waals surface area (Å²) in [5, 5.41) is 13.8. The van der Waals surface area contributed by atoms with Crippen LogP contribution in [0.5, 0.6) is 0 Å². The topological polar surface area (TPSA) is 86.7 Å². The summed E-state index contributed by atoms with van der Waals surface area (Å²) < 4.78 is 0.913. The molecule has 31 heavy (non-hydrogen) atoms. The van der Waals surface area contributed by atoms with Crippen molar-refractivity contribution in [2.75, 3.05) is 6.54 Å². The molecule has 1 saturated carbocycles. The number of hydrogen-bond donors (Lipinski definition) is 2. The van der Waals surface area contributed by atoms with Crippen LogP contribution in [0.2, 0.25) is 0 Å². The molecular weight excluding hydrogens is 460 g/mol. The standard InChI is InChI=1S/C24H31BrN2O4/c1-2-3-13-27-21(28)18-19(22(27)29)24(23(30)31,14-15-7-5-4-6-8-15)26-20(18)16-9-11-17(25)12-10-16/h9-12,15,18-20,26H,2-8,13-14H2,1H3,(H,30,31). The van der Waals surface area contributed by atoms with Gasteiger partial charge in [-0.3, -0.25) is 24.6 Å². The first-order chi connectivity index (χ1) is 14.9. The molecule has 3 fully saturated rings. The molecule has 2 amide bonds. The van der Waals surface area contributed by atoms with E-state index in [9.17, 15) is 19.5 Å². The van der Waals surface area contributed by atoms with Crippen LogP contribution in [0.15, 0.2) is 28.7 Å². The van der Waals surface area contributed by atoms with Crippen molar-refractivity contribution in [1.82, 2.24) is 10.2 Å². The quantitative estimate of drug-likeness (QED) is 0.556. The number of hydrogen-bond acceptors (Lipinski definition) is 4. The lowest BCUT2D eigenvalue weighted by Crippen LogP contribution is -2.56. The minimum Gasteiger partial charge on any atom is -0.480 e. The molecule has 7 heteroatoms. The molecule has 1 aromatic rings. The molecule has 1 aliphatic carbocycles. The molecule has 2 aliphatic heterocycles. The van der Waals surface area contributed by atoms with Crippen LogP contribution in [0, 0.1) is 17.8 Å². The number of amides is 2. The Kier molecular flexibility index (Phi) is 6.54. The number of imide groups is 1. The molecule has 0 radical (unpaired) electrons. The Morgan fingerprint density at radius 2 is 1.84 bits per heavy atom. The van der Waals surface area contributed by atoms with Gasteiger partial charge in [0.05, 0.1) is 11.8 Å². The third-order valence-corrected chi connectivity index (χ3v) is 7.96. The van der Waals surface area contributed by atoms with E-state index in [4.69, 9.17) is 0 Å². The normalized spacial score (nSPS) is 31.3. The van der Waals surface area contributed by atoms with Crippen LogP contribution in [-0.4, -0.2) is 39.9 Å². The zero-order valence-electron chi connectivity index (χ0n) is 18.0. The van der Waals surface area contributed by atoms with E-state index in [1.807, 2.05) is 31.2 Å². The van der Waals surface area contributed by atoms with E-state index in [2.05, 4.69) is 21.2 Å². The van der Waals surface area contributed by atoms with Crippen molar-refractivity contribution in [2.45, 2.75) is 69.9 Å². The van der Waals surface area contributed by atoms with Crippen molar-refractivity contribution in [3.63, 3.8) is 0 Å². The maximum atomic E-state index is 13.5. The lowest BCUT2D eigenvalue weighted by Gasteiger charge is -2.35. The SMILES string of the molecule is CCCCN1C(=O)C2C(c3ccc(Br)cc3)NC(CC3CCCCC3)(C(=O)O)C2C1=O. The predicted molar refractivity (Wildman–Crippen MR) is 120 cm³/mol. The first-order valence-electron chi connectivity index (χ1n) is 11.5. The van der Waals surface area contributed by atoms with Gasteiger partial charge in [0.25, 0.3) is 0 Å². The molecule has 2 heterocycles. The second-order valence-electron chi connectivity index (χ2n) is 9.34. The van der Waals surface area contributed by atoms with Crippen molar-refractivity contribution in [3.05, 3.63) is 34.3 Å². The van der Waals surface area contributed by atoms with Gasteiger partial charge in [-0.1, -0.05) is 73.5 Å². The summed E-state index contributed by atoms with van der Waals surface area (Å²) in [6, 6.07) is 7.11. The highest BCUT2D eigenvalue weighted by Crippen LogP contribution is 2.52. The lowest BCUT2D eigenvalue weighted by atomic mass is 9.72. The van der Waals surface area contributed by atoms with E-state index in [-0.39, 0.29) is 17.7 Å². The molecule has 0 aromatic heterocycles. The monoisotopic (exact) mass is 490 g/mol. The number of rotatable bonds is 7. The second kappa shape index (κ2) is 9.02. The summed E-state index contributed by atoms with van der Waals surface area (Å²) >= 11 is 3.44. The van der Waals surface area contributed by atoms with E-state index in [0.29, 0.717) is 13.0 Å². The molecule has 3 aliphatic rings. The molecule has 0 spiro atoms. The van der Waals surface area contributed by atoms with Gasteiger partial charge in [0.1, 0.15) is 5.54 Å². The molecule has 4 rings (SSSR count). The van der Waals surface area contributed by atoms with Gasteiger partial charge in [0, 0.05) is 17.1 Å². The van der Waals surface area contributed by atoms with Gasteiger partial charge >= 0.3 is 5.97 Å². The Morgan fingerprint density at radius 3 is 2.45 bits per heavy atom. The zero-order chi connectivity index (χ0) is 22.2. The molecular formula is C24H31BrN2O4. The van der Waals surface area contributed by atoms with Crippen molar-refractivity contribution in [1.29, 1.82) is 0 Å². The number of aliphatic carboxylic acids is 1. The van der Waals surface area contributed by atoms with Crippen LogP contribution < -0.4 is 5.32 Å². The van der Waals surface area contributed by atoms with Crippen LogP contribution in [0.3, 0.4) is 0 Å². The summed E-state index contributed by atoms with van der Waals surface area (Å²) in [4.78, 5) is 41.0. The van der Waals surface area contributed by atoms with Crippen LogP contribution in [0.4, 0.5) is 0 Å². The average Bonchev–Trinajstić information content (AvgIpc) is 3.23. The number of likely N-dealkylation sites (tertiary alicyclic amines) is 1. The number of halogens is 1. The molecule has 168 valence electrons. The number of fused-ring (bicyclic) bond motifs is 1. The van der Waals surface area contributed by atoms with Gasteiger partial charge in [0.15, 0.2) is 0 Å². The van der Waals surface area contributed by atoms with Gasteiger partial charge in [-0.15, -0.1) is 0 Å². The first kappa shape index (κ1) is 22.5. The molecule has 0 bridgehead atoms. The Morgan fingerprint density at radius 1 is 1.16 bits per heavy atom. The van der Waals surface area contributed by atoms with E-state index in [0.717, 1.165) is 48.6 Å². The highest BCUT2D eigenvalue weighted by Gasteiger charge is 2.68. The summed E-state index contributed by atoms with van der Waals surface area (Å²) in [6.45, 7) is 2.38. The minimum atomic E-state index is -1.40. The lowest BCUT2D eigenvalue weighted by molar-refractivity contribution is -0.152. The molecule has 2 N–H and O–H groups in total. The highest BCUT2D eigenvalue weighted by molar-refractivity contribution is 9.10. The van der Waals surface area contributed by atoms with Gasteiger partial charge in [-0.05, 0) is 36.5 Å². The van der Waals surface area contributed by atoms with Crippen LogP contribution in [0.1, 0.15) is 69.9 Å². The zero-order valence-corrected chi connectivity index (χ0v) is 19.6. The van der Waals surface area contributed by atoms with E-state index in [1.54, 1.807) is 0 Å². The summed E-state index contributed by atoms with van der Waals surface area (Å²) in [5.41, 5.74) is -0.554. The first-order valence-corrected chi connectivity index (χ1v) is 12.3. The maximum Gasteiger partial charge on any atom is 0.324 e. The number of carbonyl (C=O) groups is 3. The smallest absolute Gasteiger partial charge is 0.324 e. The fourth-order valence-electron chi connectivity index (χ4n) is 5.87. The van der Waals surface area contributed by atoms with Crippen molar-refractivity contribution in [3.8, 4) is 0 Å². The molecule has 6 nitrogen and oxygen atoms in total.